The van der Waals surface area contributed by atoms with Crippen LogP contribution < -0.4 is 14.2 Å². The molecule has 1 heterocycles. The molecule has 0 aliphatic heterocycles. The fourth-order valence-electron chi connectivity index (χ4n) is 5.59. The average molecular weight is 512 g/mol. The second-order valence-electron chi connectivity index (χ2n) is 10.2. The van der Waals surface area contributed by atoms with Crippen molar-refractivity contribution in [2.45, 2.75) is 44.4 Å². The monoisotopic (exact) mass is 511 g/mol. The van der Waals surface area contributed by atoms with Crippen LogP contribution in [0.25, 0.3) is 10.9 Å². The molecule has 5 nitrogen and oxygen atoms in total. The number of methoxy groups -OCH3 is 2. The molecule has 0 amide bonds. The first-order valence-corrected chi connectivity index (χ1v) is 13.1. The van der Waals surface area contributed by atoms with Crippen LogP contribution in [0, 0.1) is 5.92 Å². The number of benzene rings is 3. The van der Waals surface area contributed by atoms with Gasteiger partial charge in [0, 0.05) is 29.0 Å². The molecule has 1 aromatic heterocycles. The number of ether oxygens (including phenoxy) is 3. The molecule has 194 valence electrons. The van der Waals surface area contributed by atoms with Gasteiger partial charge in [-0.25, -0.2) is 4.39 Å². The summed E-state index contributed by atoms with van der Waals surface area (Å²) in [7, 11) is 3.27. The highest BCUT2D eigenvalue weighted by Crippen LogP contribution is 2.46. The van der Waals surface area contributed by atoms with Gasteiger partial charge in [-0.1, -0.05) is 36.4 Å². The van der Waals surface area contributed by atoms with E-state index in [0.29, 0.717) is 48.4 Å². The Bertz CT molecular complexity index is 1480. The molecule has 4 aromatic rings. The number of ketones is 1. The zero-order chi connectivity index (χ0) is 26.2. The molecule has 0 bridgehead atoms. The fourth-order valence-corrected chi connectivity index (χ4v) is 5.59. The largest absolute Gasteiger partial charge is 0.497 e. The smallest absolute Gasteiger partial charge is 0.170 e. The van der Waals surface area contributed by atoms with Gasteiger partial charge in [-0.3, -0.25) is 9.78 Å². The van der Waals surface area contributed by atoms with Gasteiger partial charge < -0.3 is 14.2 Å². The Hall–Kier alpha value is -3.93. The number of nitrogens with zero attached hydrogens (tertiary/aromatic N) is 1. The van der Waals surface area contributed by atoms with Crippen LogP contribution >= 0.6 is 0 Å². The molecule has 1 fully saturated rings. The summed E-state index contributed by atoms with van der Waals surface area (Å²) in [6.45, 7) is 0.296. The molecule has 2 aliphatic rings. The van der Waals surface area contributed by atoms with Crippen molar-refractivity contribution in [3.05, 3.63) is 94.7 Å². The van der Waals surface area contributed by atoms with E-state index in [0.717, 1.165) is 39.8 Å². The minimum Gasteiger partial charge on any atom is -0.497 e. The molecule has 3 unspecified atom stereocenters. The van der Waals surface area contributed by atoms with Crippen LogP contribution in [-0.4, -0.2) is 31.2 Å². The fraction of sp³-hybridized carbons (Fsp3) is 0.312. The molecule has 0 saturated heterocycles. The Morgan fingerprint density at radius 2 is 1.68 bits per heavy atom. The van der Waals surface area contributed by atoms with Crippen molar-refractivity contribution >= 4 is 16.7 Å². The lowest BCUT2D eigenvalue weighted by atomic mass is 9.78. The molecule has 3 aromatic carbocycles. The lowest BCUT2D eigenvalue weighted by molar-refractivity contribution is 0.0895. The van der Waals surface area contributed by atoms with Crippen LogP contribution in [0.3, 0.4) is 0 Å². The third-order valence-electron chi connectivity index (χ3n) is 7.78. The average Bonchev–Trinajstić information content (AvgIpc) is 3.69. The third-order valence-corrected chi connectivity index (χ3v) is 7.78. The first kappa shape index (κ1) is 24.4. The third kappa shape index (κ3) is 4.49. The molecular weight excluding hydrogens is 481 g/mol. The zero-order valence-corrected chi connectivity index (χ0v) is 21.6. The maximum atomic E-state index is 14.0. The maximum Gasteiger partial charge on any atom is 0.170 e. The number of rotatable bonds is 8. The number of hydrogen-bond donors (Lipinski definition) is 0. The number of pyridine rings is 1. The van der Waals surface area contributed by atoms with E-state index in [-0.39, 0.29) is 17.6 Å². The number of carbonyl (C=O) groups is 1. The summed E-state index contributed by atoms with van der Waals surface area (Å²) in [5, 5.41) is 0.839. The van der Waals surface area contributed by atoms with Gasteiger partial charge in [0.1, 0.15) is 29.8 Å². The quantitative estimate of drug-likeness (QED) is 0.265. The first-order chi connectivity index (χ1) is 18.6. The summed E-state index contributed by atoms with van der Waals surface area (Å²) in [5.74, 6) is 1.89. The van der Waals surface area contributed by atoms with Crippen LogP contribution in [0.1, 0.15) is 51.4 Å². The van der Waals surface area contributed by atoms with Gasteiger partial charge in [-0.05, 0) is 66.6 Å². The lowest BCUT2D eigenvalue weighted by Crippen LogP contribution is -2.26. The highest BCUT2D eigenvalue weighted by Gasteiger charge is 2.39. The summed E-state index contributed by atoms with van der Waals surface area (Å²) < 4.78 is 30.9. The van der Waals surface area contributed by atoms with Crippen molar-refractivity contribution in [2.75, 3.05) is 14.2 Å². The number of halogens is 1. The van der Waals surface area contributed by atoms with E-state index < -0.39 is 6.17 Å². The van der Waals surface area contributed by atoms with Crippen LogP contribution in [0.5, 0.6) is 17.2 Å². The van der Waals surface area contributed by atoms with Crippen LogP contribution in [0.2, 0.25) is 0 Å². The molecule has 2 aliphatic carbocycles. The van der Waals surface area contributed by atoms with E-state index in [1.807, 2.05) is 60.7 Å². The molecule has 3 atom stereocenters. The second-order valence-corrected chi connectivity index (χ2v) is 10.2. The molecule has 0 N–H and O–H groups in total. The van der Waals surface area contributed by atoms with Gasteiger partial charge in [0.05, 0.1) is 19.8 Å². The van der Waals surface area contributed by atoms with Crippen LogP contribution in [-0.2, 0) is 19.4 Å². The maximum absolute atomic E-state index is 14.0. The van der Waals surface area contributed by atoms with Gasteiger partial charge >= 0.3 is 0 Å². The van der Waals surface area contributed by atoms with Crippen molar-refractivity contribution in [2.24, 2.45) is 5.92 Å². The van der Waals surface area contributed by atoms with Crippen LogP contribution in [0.15, 0.2) is 66.9 Å². The summed E-state index contributed by atoms with van der Waals surface area (Å²) in [6, 6.07) is 19.6. The molecule has 6 heteroatoms. The SMILES string of the molecule is COc1ccc(COc2c3c(c(OC)c4cccnc24)CCC(Cc2ccc(C4CC4F)cc2)C3=O)cc1. The Balaban J connectivity index is 1.34. The van der Waals surface area contributed by atoms with E-state index in [9.17, 15) is 9.18 Å². The summed E-state index contributed by atoms with van der Waals surface area (Å²) in [4.78, 5) is 18.7. The van der Waals surface area contributed by atoms with E-state index in [2.05, 4.69) is 4.98 Å². The molecule has 6 rings (SSSR count). The van der Waals surface area contributed by atoms with E-state index in [1.165, 1.54) is 0 Å². The predicted octanol–water partition coefficient (Wildman–Crippen LogP) is 6.64. The van der Waals surface area contributed by atoms with E-state index >= 15 is 0 Å². The first-order valence-electron chi connectivity index (χ1n) is 13.1. The topological polar surface area (TPSA) is 57.6 Å². The van der Waals surface area contributed by atoms with Crippen molar-refractivity contribution in [3.8, 4) is 17.2 Å². The van der Waals surface area contributed by atoms with Gasteiger partial charge in [0.15, 0.2) is 11.5 Å². The summed E-state index contributed by atoms with van der Waals surface area (Å²) in [6.07, 6.45) is 3.67. The Labute approximate surface area is 221 Å². The van der Waals surface area contributed by atoms with E-state index in [1.54, 1.807) is 20.4 Å². The number of carbonyl (C=O) groups excluding carboxylic acids is 1. The normalized spacial score (nSPS) is 20.2. The molecular formula is C32H30FNO4. The second kappa shape index (κ2) is 10.1. The molecule has 0 spiro atoms. The van der Waals surface area contributed by atoms with Crippen molar-refractivity contribution in [3.63, 3.8) is 0 Å². The van der Waals surface area contributed by atoms with Crippen molar-refractivity contribution in [1.29, 1.82) is 0 Å². The number of hydrogen-bond acceptors (Lipinski definition) is 5. The summed E-state index contributed by atoms with van der Waals surface area (Å²) in [5.41, 5.74) is 5.17. The Morgan fingerprint density at radius 1 is 0.947 bits per heavy atom. The minimum atomic E-state index is -0.716. The van der Waals surface area contributed by atoms with Crippen molar-refractivity contribution in [1.82, 2.24) is 4.98 Å². The lowest BCUT2D eigenvalue weighted by Gasteiger charge is -2.28. The molecule has 0 radical (unpaired) electrons. The number of fused-ring (bicyclic) bond motifs is 2. The molecule has 38 heavy (non-hydrogen) atoms. The number of aromatic nitrogens is 1. The molecule has 1 saturated carbocycles. The Morgan fingerprint density at radius 3 is 2.37 bits per heavy atom. The highest BCUT2D eigenvalue weighted by atomic mass is 19.1. The highest BCUT2D eigenvalue weighted by molar-refractivity contribution is 6.09. The minimum absolute atomic E-state index is 0.0332. The summed E-state index contributed by atoms with van der Waals surface area (Å²) >= 11 is 0. The Kier molecular flexibility index (Phi) is 6.48. The van der Waals surface area contributed by atoms with Crippen LogP contribution in [0.4, 0.5) is 4.39 Å². The van der Waals surface area contributed by atoms with Gasteiger partial charge in [-0.2, -0.15) is 0 Å². The van der Waals surface area contributed by atoms with Gasteiger partial charge in [0.2, 0.25) is 0 Å². The zero-order valence-electron chi connectivity index (χ0n) is 21.6. The number of alkyl halides is 1. The van der Waals surface area contributed by atoms with Gasteiger partial charge in [-0.15, -0.1) is 0 Å². The number of Topliss-reactive ketones (excluding diaryl/α,β-unsaturated/α-hetero) is 1. The predicted molar refractivity (Wildman–Crippen MR) is 144 cm³/mol. The van der Waals surface area contributed by atoms with Crippen molar-refractivity contribution < 1.29 is 23.4 Å². The van der Waals surface area contributed by atoms with E-state index in [4.69, 9.17) is 14.2 Å². The standard InChI is InChI=1S/C32H30FNO4/c1-36-23-12-7-20(8-13-23)18-38-32-28-24(31(37-2)25-4-3-15-34-29(25)32)14-11-22(30(28)35)16-19-5-9-21(10-6-19)26-17-27(26)33/h3-10,12-13,15,22,26-27H,11,14,16-18H2,1-2H3. The van der Waals surface area contributed by atoms with Gasteiger partial charge in [0.25, 0.3) is 0 Å².